The van der Waals surface area contributed by atoms with E-state index >= 15 is 0 Å². The van der Waals surface area contributed by atoms with Gasteiger partial charge in [0.15, 0.2) is 0 Å². The van der Waals surface area contributed by atoms with Crippen LogP contribution in [0.1, 0.15) is 61.3 Å². The lowest BCUT2D eigenvalue weighted by Gasteiger charge is -2.23. The molecule has 1 saturated heterocycles. The fourth-order valence-corrected chi connectivity index (χ4v) is 11.5. The number of carbonyl (C=O) groups excluding carboxylic acids is 6. The van der Waals surface area contributed by atoms with Gasteiger partial charge in [-0.15, -0.1) is 0 Å². The number of anilines is 1. The van der Waals surface area contributed by atoms with Crippen molar-refractivity contribution in [1.29, 1.82) is 5.26 Å². The number of amides is 3. The van der Waals surface area contributed by atoms with Crippen LogP contribution in [-0.4, -0.2) is 118 Å². The number of benzene rings is 2. The Balaban J connectivity index is 0.803. The Morgan fingerprint density at radius 3 is 2.37 bits per heavy atom. The number of ether oxygens (including phenoxy) is 3. The first-order valence-corrected chi connectivity index (χ1v) is 28.6. The van der Waals surface area contributed by atoms with Gasteiger partial charge in [-0.1, -0.05) is 33.7 Å². The van der Waals surface area contributed by atoms with Gasteiger partial charge in [0.25, 0.3) is 21.9 Å². The molecule has 2 aromatic carbocycles. The van der Waals surface area contributed by atoms with E-state index in [4.69, 9.17) is 14.2 Å². The molecule has 1 unspecified atom stereocenters. The molecular weight excluding hydrogens is 1120 g/mol. The molecule has 3 atom stereocenters. The van der Waals surface area contributed by atoms with Gasteiger partial charge in [-0.25, -0.2) is 35.8 Å². The molecule has 1 fully saturated rings. The first-order chi connectivity index (χ1) is 38.6. The number of hydrogen-bond acceptors (Lipinski definition) is 18. The van der Waals surface area contributed by atoms with Crippen LogP contribution in [0.4, 0.5) is 28.0 Å². The van der Waals surface area contributed by atoms with Crippen LogP contribution in [0.15, 0.2) is 102 Å². The van der Waals surface area contributed by atoms with Crippen molar-refractivity contribution in [2.75, 3.05) is 36.5 Å². The van der Waals surface area contributed by atoms with Crippen LogP contribution in [0.5, 0.6) is 5.88 Å². The summed E-state index contributed by atoms with van der Waals surface area (Å²) in [5, 5.41) is 15.0. The lowest BCUT2D eigenvalue weighted by Crippen LogP contribution is -2.48. The van der Waals surface area contributed by atoms with Crippen molar-refractivity contribution in [3.8, 4) is 34.2 Å². The maximum Gasteiger partial charge on any atom is 0.508 e. The minimum atomic E-state index is -4.52. The molecule has 0 spiro atoms. The number of fused-ring (bicyclic) bond motifs is 1. The molecule has 1 aliphatic rings. The Hall–Kier alpha value is -8.22. The number of pyridine rings is 4. The molecule has 0 radical (unpaired) electrons. The highest BCUT2D eigenvalue weighted by Crippen LogP contribution is 2.36. The number of ketones is 2. The molecule has 1 aliphatic heterocycles. The van der Waals surface area contributed by atoms with Crippen molar-refractivity contribution >= 4 is 83.6 Å². The Morgan fingerprint density at radius 1 is 0.877 bits per heavy atom. The monoisotopic (exact) mass is 1170 g/mol. The van der Waals surface area contributed by atoms with E-state index in [9.17, 15) is 60.0 Å². The summed E-state index contributed by atoms with van der Waals surface area (Å²) in [6.45, 7) is 1.45. The van der Waals surface area contributed by atoms with Gasteiger partial charge in [0, 0.05) is 96.0 Å². The summed E-state index contributed by atoms with van der Waals surface area (Å²) in [5.41, 5.74) is 3.86. The third-order valence-corrected chi connectivity index (χ3v) is 16.3. The molecule has 7 rings (SSSR count). The molecule has 0 aliphatic carbocycles. The molecule has 81 heavy (non-hydrogen) atoms. The van der Waals surface area contributed by atoms with Crippen LogP contribution >= 0.6 is 21.6 Å². The maximum atomic E-state index is 14.5. The number of nitriles is 1. The molecular formula is C54H51F4N9O11S3. The number of carbonyl (C=O) groups is 6. The molecule has 4 aromatic heterocycles. The summed E-state index contributed by atoms with van der Waals surface area (Å²) in [5.74, 6) is -8.04. The Morgan fingerprint density at radius 2 is 1.64 bits per heavy atom. The van der Waals surface area contributed by atoms with Crippen LogP contribution in [0.3, 0.4) is 0 Å². The van der Waals surface area contributed by atoms with Gasteiger partial charge in [0.2, 0.25) is 17.7 Å². The molecule has 0 bridgehead atoms. The molecule has 3 N–H and O–H groups in total. The number of rotatable bonds is 25. The first kappa shape index (κ1) is 60.4. The average molecular weight is 1170 g/mol. The van der Waals surface area contributed by atoms with Crippen LogP contribution in [0.25, 0.3) is 33.2 Å². The van der Waals surface area contributed by atoms with Crippen LogP contribution in [-0.2, 0) is 51.8 Å². The SMILES string of the molecule is COc1ncc(-c2ccc3nccc(-c4ccc(COC(=O)OCCSSCC(CC(=O)CCC(=O)NCc5cc(C(=O)N[C@@H](C)C(=O)N6CC(F)(F)C[C@H]6C#N)ccn5)C(C)=O)nc4)c3c2)cc1NS(=O)(=O)c1ccc(F)cc1F. The van der Waals surface area contributed by atoms with Crippen molar-refractivity contribution in [3.05, 3.63) is 126 Å². The minimum Gasteiger partial charge on any atom is -0.480 e. The third-order valence-electron chi connectivity index (χ3n) is 12.4. The maximum absolute atomic E-state index is 14.5. The highest BCUT2D eigenvalue weighted by atomic mass is 33.1. The first-order valence-electron chi connectivity index (χ1n) is 24.7. The number of likely N-dealkylation sites (tertiary alicyclic amines) is 1. The molecule has 5 heterocycles. The number of nitrogens with one attached hydrogen (secondary N) is 3. The fraction of sp³-hybridized carbons (Fsp3) is 0.315. The topological polar surface area (TPSA) is 279 Å². The second-order valence-corrected chi connectivity index (χ2v) is 22.6. The van der Waals surface area contributed by atoms with Crippen LogP contribution < -0.4 is 20.1 Å². The quantitative estimate of drug-likeness (QED) is 0.0212. The van der Waals surface area contributed by atoms with E-state index in [-0.39, 0.29) is 79.2 Å². The summed E-state index contributed by atoms with van der Waals surface area (Å²) in [6.07, 6.45) is 3.89. The predicted molar refractivity (Wildman–Crippen MR) is 290 cm³/mol. The normalized spacial score (nSPS) is 14.5. The zero-order valence-electron chi connectivity index (χ0n) is 43.5. The minimum absolute atomic E-state index is 0.0133. The second kappa shape index (κ2) is 27.3. The van der Waals surface area contributed by atoms with Crippen molar-refractivity contribution in [2.24, 2.45) is 5.92 Å². The smallest absolute Gasteiger partial charge is 0.480 e. The summed E-state index contributed by atoms with van der Waals surface area (Å²) in [4.78, 5) is 93.1. The number of alkyl halides is 2. The van der Waals surface area contributed by atoms with Gasteiger partial charge in [-0.2, -0.15) is 5.26 Å². The second-order valence-electron chi connectivity index (χ2n) is 18.3. The molecule has 3 amide bonds. The zero-order valence-corrected chi connectivity index (χ0v) is 45.9. The lowest BCUT2D eigenvalue weighted by molar-refractivity contribution is -0.134. The molecule has 424 valence electrons. The van der Waals surface area contributed by atoms with E-state index < -0.39 is 87.3 Å². The Bertz CT molecular complexity index is 3500. The molecule has 20 nitrogen and oxygen atoms in total. The standard InChI is InChI=1S/C54H51F4N9O11S3/c1-31(52(72)67-30-54(57,58)23-41(67)24-59)65-50(71)34-12-14-60-40(18-34)27-63-49(70)11-8-42(69)19-37(32(2)68)29-80-79-17-16-77-53(73)78-28-39-7-4-35(25-62-39)43-13-15-61-46-9-5-33(20-44(43)46)36-21-47(51(76-3)64-26-36)66-81(74,75)48-10-6-38(55)22-45(48)56/h4-7,9-10,12-15,18,20-22,25-26,31,37,41,66H,8,11,16-17,19,23,27-30H2,1-3H3,(H,63,70)(H,65,71)/t31-,37?,41-/m0/s1. The number of nitrogens with zero attached hydrogens (tertiary/aromatic N) is 6. The van der Waals surface area contributed by atoms with E-state index in [0.29, 0.717) is 45.1 Å². The van der Waals surface area contributed by atoms with Gasteiger partial charge >= 0.3 is 6.16 Å². The van der Waals surface area contributed by atoms with Crippen molar-refractivity contribution in [3.63, 3.8) is 0 Å². The number of sulfonamides is 1. The number of halogens is 4. The summed E-state index contributed by atoms with van der Waals surface area (Å²) >= 11 is 0. The van der Waals surface area contributed by atoms with Gasteiger partial charge < -0.3 is 29.7 Å². The summed E-state index contributed by atoms with van der Waals surface area (Å²) in [7, 11) is -0.596. The number of Topliss-reactive ketones (excluding diaryl/α,β-unsaturated/α-hetero) is 2. The number of aromatic nitrogens is 4. The third kappa shape index (κ3) is 16.4. The highest BCUT2D eigenvalue weighted by Gasteiger charge is 2.48. The van der Waals surface area contributed by atoms with E-state index in [1.54, 1.807) is 48.8 Å². The van der Waals surface area contributed by atoms with E-state index in [1.807, 2.05) is 6.07 Å². The van der Waals surface area contributed by atoms with Crippen LogP contribution in [0.2, 0.25) is 0 Å². The van der Waals surface area contributed by atoms with Crippen molar-refractivity contribution in [2.45, 2.75) is 75.6 Å². The van der Waals surface area contributed by atoms with Gasteiger partial charge in [0.1, 0.15) is 59.1 Å². The lowest BCUT2D eigenvalue weighted by atomic mass is 9.98. The largest absolute Gasteiger partial charge is 0.508 e. The Kier molecular flexibility index (Phi) is 20.4. The average Bonchev–Trinajstić information content (AvgIpc) is 3.87. The van der Waals surface area contributed by atoms with Gasteiger partial charge in [-0.3, -0.25) is 43.6 Å². The summed E-state index contributed by atoms with van der Waals surface area (Å²) in [6, 6.07) is 16.1. The molecule has 6 aromatic rings. The van der Waals surface area contributed by atoms with E-state index in [1.165, 1.54) is 73.1 Å². The fourth-order valence-electron chi connectivity index (χ4n) is 8.21. The van der Waals surface area contributed by atoms with E-state index in [0.717, 1.165) is 22.6 Å². The van der Waals surface area contributed by atoms with Crippen LogP contribution in [0, 0.1) is 28.9 Å². The van der Waals surface area contributed by atoms with Crippen molar-refractivity contribution < 1.29 is 69.0 Å². The molecule has 27 heteroatoms. The van der Waals surface area contributed by atoms with Gasteiger partial charge in [0.05, 0.1) is 43.2 Å². The summed E-state index contributed by atoms with van der Waals surface area (Å²) < 4.78 is 99.9. The molecule has 0 saturated carbocycles. The number of hydrogen-bond donors (Lipinski definition) is 3. The van der Waals surface area contributed by atoms with Gasteiger partial charge in [-0.05, 0) is 79.6 Å². The Labute approximate surface area is 469 Å². The highest BCUT2D eigenvalue weighted by molar-refractivity contribution is 8.76. The van der Waals surface area contributed by atoms with E-state index in [2.05, 4.69) is 35.3 Å². The number of methoxy groups -OCH3 is 1. The predicted octanol–water partition coefficient (Wildman–Crippen LogP) is 8.02. The zero-order chi connectivity index (χ0) is 58.4. The van der Waals surface area contributed by atoms with Crippen molar-refractivity contribution in [1.82, 2.24) is 35.5 Å².